The maximum absolute atomic E-state index is 12.5. The highest BCUT2D eigenvalue weighted by Gasteiger charge is 2.26. The average Bonchev–Trinajstić information content (AvgIpc) is 2.94. The van der Waals surface area contributed by atoms with Gasteiger partial charge in [-0.1, -0.05) is 13.3 Å². The molecule has 0 atom stereocenters. The summed E-state index contributed by atoms with van der Waals surface area (Å²) in [7, 11) is 0. The van der Waals surface area contributed by atoms with Crippen LogP contribution in [0.4, 0.5) is 0 Å². The quantitative estimate of drug-likeness (QED) is 0.759. The number of Topliss-reactive ketones (excluding diaryl/α,β-unsaturated/α-hetero) is 1. The molecule has 0 radical (unpaired) electrons. The molecular formula is C16H19NOS. The van der Waals surface area contributed by atoms with E-state index in [2.05, 4.69) is 11.9 Å². The first-order valence-corrected chi connectivity index (χ1v) is 8.03. The van der Waals surface area contributed by atoms with Gasteiger partial charge in [0, 0.05) is 17.7 Å². The fourth-order valence-electron chi connectivity index (χ4n) is 3.05. The van der Waals surface area contributed by atoms with E-state index in [1.54, 1.807) is 17.5 Å². The van der Waals surface area contributed by atoms with Gasteiger partial charge in [-0.3, -0.25) is 9.78 Å². The van der Waals surface area contributed by atoms with Crippen LogP contribution in [0.25, 0.3) is 10.2 Å². The van der Waals surface area contributed by atoms with Crippen molar-refractivity contribution in [3.8, 4) is 0 Å². The van der Waals surface area contributed by atoms with Gasteiger partial charge in [0.15, 0.2) is 5.78 Å². The van der Waals surface area contributed by atoms with E-state index >= 15 is 0 Å². The summed E-state index contributed by atoms with van der Waals surface area (Å²) in [6.45, 7) is 2.25. The molecule has 1 aliphatic carbocycles. The van der Waals surface area contributed by atoms with Crippen molar-refractivity contribution in [1.82, 2.24) is 4.98 Å². The minimum Gasteiger partial charge on any atom is -0.294 e. The second-order valence-electron chi connectivity index (χ2n) is 5.52. The lowest BCUT2D eigenvalue weighted by atomic mass is 9.78. The predicted molar refractivity (Wildman–Crippen MR) is 79.7 cm³/mol. The fourth-order valence-corrected chi connectivity index (χ4v) is 3.83. The van der Waals surface area contributed by atoms with Crippen molar-refractivity contribution in [3.05, 3.63) is 29.3 Å². The molecule has 0 N–H and O–H groups in total. The van der Waals surface area contributed by atoms with Gasteiger partial charge in [-0.05, 0) is 49.1 Å². The Kier molecular flexibility index (Phi) is 3.65. The van der Waals surface area contributed by atoms with E-state index in [9.17, 15) is 4.79 Å². The Morgan fingerprint density at radius 1 is 1.37 bits per heavy atom. The molecule has 1 fully saturated rings. The van der Waals surface area contributed by atoms with Gasteiger partial charge < -0.3 is 0 Å². The van der Waals surface area contributed by atoms with Crippen LogP contribution in [-0.4, -0.2) is 10.8 Å². The minimum atomic E-state index is 0.224. The van der Waals surface area contributed by atoms with Crippen LogP contribution in [0.15, 0.2) is 23.7 Å². The number of carbonyl (C=O) groups is 1. The summed E-state index contributed by atoms with van der Waals surface area (Å²) in [4.78, 5) is 16.9. The first-order valence-electron chi connectivity index (χ1n) is 7.15. The van der Waals surface area contributed by atoms with Crippen molar-refractivity contribution in [2.45, 2.75) is 39.0 Å². The van der Waals surface area contributed by atoms with Gasteiger partial charge in [-0.2, -0.15) is 0 Å². The molecule has 0 saturated heterocycles. The summed E-state index contributed by atoms with van der Waals surface area (Å²) in [5.41, 5.74) is 1.80. The molecule has 0 bridgehead atoms. The molecule has 100 valence electrons. The highest BCUT2D eigenvalue weighted by Crippen LogP contribution is 2.33. The SMILES string of the molecule is CCC1CCC(C(=O)c2cnc3ccsc3c2)CC1. The van der Waals surface area contributed by atoms with E-state index in [1.807, 2.05) is 17.5 Å². The summed E-state index contributed by atoms with van der Waals surface area (Å²) in [5, 5.41) is 2.03. The lowest BCUT2D eigenvalue weighted by molar-refractivity contribution is 0.0871. The minimum absolute atomic E-state index is 0.224. The highest BCUT2D eigenvalue weighted by molar-refractivity contribution is 7.17. The first kappa shape index (κ1) is 12.8. The number of carbonyl (C=O) groups excluding carboxylic acids is 1. The number of pyridine rings is 1. The van der Waals surface area contributed by atoms with Gasteiger partial charge in [0.05, 0.1) is 10.2 Å². The predicted octanol–water partition coefficient (Wildman–Crippen LogP) is 4.70. The van der Waals surface area contributed by atoms with Crippen LogP contribution in [0.5, 0.6) is 0 Å². The summed E-state index contributed by atoms with van der Waals surface area (Å²) in [6.07, 6.45) is 7.54. The molecule has 19 heavy (non-hydrogen) atoms. The molecule has 0 aromatic carbocycles. The second kappa shape index (κ2) is 5.41. The normalized spacial score (nSPS) is 23.6. The second-order valence-corrected chi connectivity index (χ2v) is 6.47. The third-order valence-corrected chi connectivity index (χ3v) is 5.24. The zero-order valence-corrected chi connectivity index (χ0v) is 12.1. The number of thiophene rings is 1. The molecule has 0 spiro atoms. The zero-order valence-electron chi connectivity index (χ0n) is 11.3. The summed E-state index contributed by atoms with van der Waals surface area (Å²) in [5.74, 6) is 1.36. The van der Waals surface area contributed by atoms with E-state index in [0.29, 0.717) is 5.78 Å². The molecule has 1 aliphatic rings. The zero-order chi connectivity index (χ0) is 13.2. The van der Waals surface area contributed by atoms with E-state index < -0.39 is 0 Å². The third-order valence-electron chi connectivity index (χ3n) is 4.38. The number of rotatable bonds is 3. The van der Waals surface area contributed by atoms with Crippen molar-refractivity contribution >= 4 is 27.3 Å². The summed E-state index contributed by atoms with van der Waals surface area (Å²) in [6, 6.07) is 4.02. The highest BCUT2D eigenvalue weighted by atomic mass is 32.1. The summed E-state index contributed by atoms with van der Waals surface area (Å²) >= 11 is 1.65. The molecule has 2 nitrogen and oxygen atoms in total. The van der Waals surface area contributed by atoms with Crippen molar-refractivity contribution in [1.29, 1.82) is 0 Å². The van der Waals surface area contributed by atoms with Gasteiger partial charge in [-0.15, -0.1) is 11.3 Å². The lowest BCUT2D eigenvalue weighted by Crippen LogP contribution is -2.21. The Hall–Kier alpha value is -1.22. The Labute approximate surface area is 117 Å². The average molecular weight is 273 g/mol. The van der Waals surface area contributed by atoms with Crippen LogP contribution < -0.4 is 0 Å². The molecule has 0 aliphatic heterocycles. The molecule has 2 heterocycles. The van der Waals surface area contributed by atoms with Crippen LogP contribution in [0.2, 0.25) is 0 Å². The van der Waals surface area contributed by atoms with E-state index in [0.717, 1.165) is 34.5 Å². The standard InChI is InChI=1S/C16H19NOS/c1-2-11-3-5-12(6-4-11)16(18)13-9-15-14(17-10-13)7-8-19-15/h7-12H,2-6H2,1H3. The Balaban J connectivity index is 1.76. The van der Waals surface area contributed by atoms with Crippen molar-refractivity contribution in [3.63, 3.8) is 0 Å². The number of nitrogens with zero attached hydrogens (tertiary/aromatic N) is 1. The molecule has 0 amide bonds. The van der Waals surface area contributed by atoms with Crippen molar-refractivity contribution in [2.75, 3.05) is 0 Å². The number of aromatic nitrogens is 1. The fraction of sp³-hybridized carbons (Fsp3) is 0.500. The van der Waals surface area contributed by atoms with Gasteiger partial charge in [0.25, 0.3) is 0 Å². The number of fused-ring (bicyclic) bond motifs is 1. The Morgan fingerprint density at radius 3 is 2.89 bits per heavy atom. The van der Waals surface area contributed by atoms with E-state index in [-0.39, 0.29) is 5.92 Å². The van der Waals surface area contributed by atoms with Crippen LogP contribution in [-0.2, 0) is 0 Å². The molecule has 1 saturated carbocycles. The largest absolute Gasteiger partial charge is 0.294 e. The van der Waals surface area contributed by atoms with E-state index in [4.69, 9.17) is 0 Å². The van der Waals surface area contributed by atoms with Gasteiger partial charge in [-0.25, -0.2) is 0 Å². The van der Waals surface area contributed by atoms with Crippen LogP contribution in [0.1, 0.15) is 49.4 Å². The van der Waals surface area contributed by atoms with E-state index in [1.165, 1.54) is 19.3 Å². The smallest absolute Gasteiger partial charge is 0.167 e. The van der Waals surface area contributed by atoms with Gasteiger partial charge in [0.2, 0.25) is 0 Å². The number of ketones is 1. The molecule has 0 unspecified atom stereocenters. The van der Waals surface area contributed by atoms with Gasteiger partial charge in [0.1, 0.15) is 0 Å². The number of hydrogen-bond acceptors (Lipinski definition) is 3. The maximum atomic E-state index is 12.5. The third kappa shape index (κ3) is 2.57. The molecule has 2 aromatic rings. The molecule has 2 aromatic heterocycles. The topological polar surface area (TPSA) is 30.0 Å². The molecular weight excluding hydrogens is 254 g/mol. The lowest BCUT2D eigenvalue weighted by Gasteiger charge is -2.26. The van der Waals surface area contributed by atoms with Crippen molar-refractivity contribution in [2.24, 2.45) is 11.8 Å². The van der Waals surface area contributed by atoms with Crippen LogP contribution >= 0.6 is 11.3 Å². The molecule has 3 rings (SSSR count). The monoisotopic (exact) mass is 273 g/mol. The Bertz CT molecular complexity index is 581. The van der Waals surface area contributed by atoms with Gasteiger partial charge >= 0.3 is 0 Å². The number of hydrogen-bond donors (Lipinski definition) is 0. The summed E-state index contributed by atoms with van der Waals surface area (Å²) < 4.78 is 1.12. The first-order chi connectivity index (χ1) is 9.28. The van der Waals surface area contributed by atoms with Crippen LogP contribution in [0, 0.1) is 11.8 Å². The van der Waals surface area contributed by atoms with Crippen LogP contribution in [0.3, 0.4) is 0 Å². The maximum Gasteiger partial charge on any atom is 0.167 e. The van der Waals surface area contributed by atoms with Crippen molar-refractivity contribution < 1.29 is 4.79 Å². The Morgan fingerprint density at radius 2 is 2.16 bits per heavy atom. The molecule has 3 heteroatoms.